The summed E-state index contributed by atoms with van der Waals surface area (Å²) in [6.45, 7) is 1.76. The number of nitrogens with one attached hydrogen (secondary N) is 1. The van der Waals surface area contributed by atoms with Gasteiger partial charge >= 0.3 is 0 Å². The van der Waals surface area contributed by atoms with Gasteiger partial charge in [-0.3, -0.25) is 4.79 Å². The fourth-order valence-electron chi connectivity index (χ4n) is 1.89. The Morgan fingerprint density at radius 2 is 2.18 bits per heavy atom. The molecule has 0 unspecified atom stereocenters. The second-order valence-corrected chi connectivity index (χ2v) is 6.74. The minimum atomic E-state index is -0.568. The molecule has 0 atom stereocenters. The molecule has 3 rings (SSSR count). The second-order valence-electron chi connectivity index (χ2n) is 4.52. The SMILES string of the molecule is Cc1nc(-c2ccsc2)sc1C(=O)Nc1ccc(Cl)cc1F. The molecule has 3 nitrogen and oxygen atoms in total. The number of carbonyl (C=O) groups excluding carboxylic acids is 1. The first kappa shape index (κ1) is 15.1. The van der Waals surface area contributed by atoms with E-state index in [2.05, 4.69) is 10.3 Å². The van der Waals surface area contributed by atoms with Crippen LogP contribution in [0.2, 0.25) is 5.02 Å². The number of nitrogens with zero attached hydrogens (tertiary/aromatic N) is 1. The normalized spacial score (nSPS) is 10.7. The zero-order valence-corrected chi connectivity index (χ0v) is 13.8. The Labute approximate surface area is 139 Å². The van der Waals surface area contributed by atoms with Crippen LogP contribution in [0.3, 0.4) is 0 Å². The summed E-state index contributed by atoms with van der Waals surface area (Å²) in [6.07, 6.45) is 0. The zero-order valence-electron chi connectivity index (χ0n) is 11.4. The third-order valence-corrected chi connectivity index (χ3v) is 5.07. The van der Waals surface area contributed by atoms with Crippen molar-refractivity contribution in [3.05, 3.63) is 56.4 Å². The summed E-state index contributed by atoms with van der Waals surface area (Å²) in [6, 6.07) is 6.07. The molecule has 0 fully saturated rings. The summed E-state index contributed by atoms with van der Waals surface area (Å²) in [5.41, 5.74) is 1.70. The lowest BCUT2D eigenvalue weighted by Crippen LogP contribution is -2.12. The van der Waals surface area contributed by atoms with Gasteiger partial charge in [-0.15, -0.1) is 11.3 Å². The van der Waals surface area contributed by atoms with E-state index in [9.17, 15) is 9.18 Å². The number of aryl methyl sites for hydroxylation is 1. The van der Waals surface area contributed by atoms with Gasteiger partial charge in [-0.1, -0.05) is 11.6 Å². The minimum Gasteiger partial charge on any atom is -0.319 e. The Morgan fingerprint density at radius 3 is 2.86 bits per heavy atom. The fourth-order valence-corrected chi connectivity index (χ4v) is 3.72. The van der Waals surface area contributed by atoms with Crippen molar-refractivity contribution in [3.63, 3.8) is 0 Å². The number of aromatic nitrogens is 1. The van der Waals surface area contributed by atoms with Gasteiger partial charge in [0.1, 0.15) is 15.7 Å². The molecule has 0 aliphatic rings. The standard InChI is InChI=1S/C15H10ClFN2OS2/c1-8-13(22-15(18-8)9-4-5-21-7-9)14(20)19-12-3-2-10(16)6-11(12)17/h2-7H,1H3,(H,19,20). The number of thiazole rings is 1. The largest absolute Gasteiger partial charge is 0.319 e. The Morgan fingerprint density at radius 1 is 1.36 bits per heavy atom. The molecule has 0 bridgehead atoms. The Bertz CT molecular complexity index is 830. The number of thiophene rings is 1. The first-order valence-corrected chi connectivity index (χ1v) is 8.44. The number of hydrogen-bond acceptors (Lipinski definition) is 4. The van der Waals surface area contributed by atoms with Gasteiger partial charge in [0.15, 0.2) is 0 Å². The molecule has 112 valence electrons. The number of hydrogen-bond donors (Lipinski definition) is 1. The quantitative estimate of drug-likeness (QED) is 0.701. The average Bonchev–Trinajstić information content (AvgIpc) is 3.10. The van der Waals surface area contributed by atoms with E-state index in [0.29, 0.717) is 10.6 Å². The van der Waals surface area contributed by atoms with Crippen LogP contribution in [0.15, 0.2) is 35.0 Å². The summed E-state index contributed by atoms with van der Waals surface area (Å²) >= 11 is 8.55. The first-order valence-electron chi connectivity index (χ1n) is 6.31. The number of anilines is 1. The van der Waals surface area contributed by atoms with Crippen LogP contribution >= 0.6 is 34.3 Å². The van der Waals surface area contributed by atoms with Crippen molar-refractivity contribution in [3.8, 4) is 10.6 Å². The Kier molecular flexibility index (Phi) is 4.24. The van der Waals surface area contributed by atoms with Crippen molar-refractivity contribution in [1.82, 2.24) is 4.98 Å². The van der Waals surface area contributed by atoms with Crippen LogP contribution in [0.1, 0.15) is 15.4 Å². The highest BCUT2D eigenvalue weighted by molar-refractivity contribution is 7.17. The molecule has 1 N–H and O–H groups in total. The molecule has 22 heavy (non-hydrogen) atoms. The van der Waals surface area contributed by atoms with E-state index in [0.717, 1.165) is 16.6 Å². The van der Waals surface area contributed by atoms with E-state index < -0.39 is 5.82 Å². The van der Waals surface area contributed by atoms with Gasteiger partial charge in [-0.05, 0) is 36.6 Å². The van der Waals surface area contributed by atoms with Crippen LogP contribution < -0.4 is 5.32 Å². The van der Waals surface area contributed by atoms with Gasteiger partial charge in [-0.2, -0.15) is 11.3 Å². The van der Waals surface area contributed by atoms with Gasteiger partial charge in [-0.25, -0.2) is 9.37 Å². The summed E-state index contributed by atoms with van der Waals surface area (Å²) in [4.78, 5) is 17.2. The first-order chi connectivity index (χ1) is 10.5. The lowest BCUT2D eigenvalue weighted by atomic mass is 10.3. The molecule has 0 spiro atoms. The van der Waals surface area contributed by atoms with Crippen LogP contribution in [0.25, 0.3) is 10.6 Å². The average molecular weight is 353 g/mol. The predicted octanol–water partition coefficient (Wildman–Crippen LogP) is 5.22. The van der Waals surface area contributed by atoms with Crippen molar-refractivity contribution in [2.75, 3.05) is 5.32 Å². The van der Waals surface area contributed by atoms with E-state index in [1.807, 2.05) is 16.8 Å². The molecule has 0 saturated heterocycles. The molecular weight excluding hydrogens is 343 g/mol. The summed E-state index contributed by atoms with van der Waals surface area (Å²) in [5.74, 6) is -0.946. The van der Waals surface area contributed by atoms with Crippen molar-refractivity contribution >= 4 is 45.9 Å². The second kappa shape index (κ2) is 6.16. The van der Waals surface area contributed by atoms with Crippen LogP contribution in [0, 0.1) is 12.7 Å². The van der Waals surface area contributed by atoms with Crippen molar-refractivity contribution in [1.29, 1.82) is 0 Å². The number of rotatable bonds is 3. The highest BCUT2D eigenvalue weighted by Gasteiger charge is 2.17. The van der Waals surface area contributed by atoms with E-state index in [4.69, 9.17) is 11.6 Å². The van der Waals surface area contributed by atoms with Crippen LogP contribution in [0.4, 0.5) is 10.1 Å². The highest BCUT2D eigenvalue weighted by Crippen LogP contribution is 2.30. The van der Waals surface area contributed by atoms with Crippen molar-refractivity contribution in [2.24, 2.45) is 0 Å². The molecule has 7 heteroatoms. The summed E-state index contributed by atoms with van der Waals surface area (Å²) in [5, 5.41) is 7.54. The lowest BCUT2D eigenvalue weighted by molar-refractivity contribution is 0.102. The topological polar surface area (TPSA) is 42.0 Å². The molecule has 2 aromatic heterocycles. The molecule has 2 heterocycles. The van der Waals surface area contributed by atoms with Gasteiger partial charge in [0.05, 0.1) is 11.4 Å². The van der Waals surface area contributed by atoms with Crippen LogP contribution in [-0.4, -0.2) is 10.9 Å². The number of carbonyl (C=O) groups is 1. The molecule has 0 saturated carbocycles. The van der Waals surface area contributed by atoms with Crippen molar-refractivity contribution < 1.29 is 9.18 Å². The molecule has 1 amide bonds. The van der Waals surface area contributed by atoms with E-state index in [-0.39, 0.29) is 16.6 Å². The van der Waals surface area contributed by atoms with Gasteiger partial charge in [0.25, 0.3) is 5.91 Å². The molecule has 0 aliphatic heterocycles. The Hall–Kier alpha value is -1.76. The third-order valence-electron chi connectivity index (χ3n) is 2.95. The number of halogens is 2. The molecular formula is C15H10ClFN2OS2. The molecule has 1 aromatic carbocycles. The smallest absolute Gasteiger partial charge is 0.267 e. The van der Waals surface area contributed by atoms with E-state index in [1.54, 1.807) is 18.3 Å². The third kappa shape index (κ3) is 3.04. The van der Waals surface area contributed by atoms with Crippen molar-refractivity contribution in [2.45, 2.75) is 6.92 Å². The van der Waals surface area contributed by atoms with E-state index >= 15 is 0 Å². The highest BCUT2D eigenvalue weighted by atomic mass is 35.5. The number of benzene rings is 1. The maximum atomic E-state index is 13.7. The maximum Gasteiger partial charge on any atom is 0.267 e. The van der Waals surface area contributed by atoms with Crippen LogP contribution in [-0.2, 0) is 0 Å². The molecule has 0 aliphatic carbocycles. The molecule has 0 radical (unpaired) electrons. The van der Waals surface area contributed by atoms with Gasteiger partial charge in [0.2, 0.25) is 0 Å². The van der Waals surface area contributed by atoms with Gasteiger partial charge < -0.3 is 5.32 Å². The van der Waals surface area contributed by atoms with E-state index in [1.165, 1.54) is 23.5 Å². The number of amides is 1. The molecule has 3 aromatic rings. The summed E-state index contributed by atoms with van der Waals surface area (Å²) in [7, 11) is 0. The zero-order chi connectivity index (χ0) is 15.7. The summed E-state index contributed by atoms with van der Waals surface area (Å²) < 4.78 is 13.7. The maximum absolute atomic E-state index is 13.7. The van der Waals surface area contributed by atoms with Gasteiger partial charge in [0, 0.05) is 16.0 Å². The fraction of sp³-hybridized carbons (Fsp3) is 0.0667. The predicted molar refractivity (Wildman–Crippen MR) is 89.5 cm³/mol. The van der Waals surface area contributed by atoms with Crippen LogP contribution in [0.5, 0.6) is 0 Å². The minimum absolute atomic E-state index is 0.0966. The Balaban J connectivity index is 1.86. The lowest BCUT2D eigenvalue weighted by Gasteiger charge is -2.05. The monoisotopic (exact) mass is 352 g/mol.